The van der Waals surface area contributed by atoms with E-state index in [2.05, 4.69) is 4.98 Å². The molecule has 0 N–H and O–H groups in total. The molecule has 2 rings (SSSR count). The lowest BCUT2D eigenvalue weighted by Crippen LogP contribution is -2.26. The lowest BCUT2D eigenvalue weighted by molar-refractivity contribution is 0.0966. The predicted octanol–water partition coefficient (Wildman–Crippen LogP) is 2.75. The zero-order valence-corrected chi connectivity index (χ0v) is 12.9. The number of benzene rings is 1. The molecule has 0 radical (unpaired) electrons. The van der Waals surface area contributed by atoms with Gasteiger partial charge < -0.3 is 4.74 Å². The maximum atomic E-state index is 12.2. The van der Waals surface area contributed by atoms with Crippen LogP contribution >= 0.6 is 23.2 Å². The number of ketones is 1. The molecule has 21 heavy (non-hydrogen) atoms. The minimum Gasteiger partial charge on any atom is -0.468 e. The molecule has 0 aliphatic rings. The molecule has 1 heterocycles. The fourth-order valence-corrected chi connectivity index (χ4v) is 2.10. The topological polar surface area (TPSA) is 61.2 Å². The highest BCUT2D eigenvalue weighted by Gasteiger charge is 2.14. The van der Waals surface area contributed by atoms with Gasteiger partial charge >= 0.3 is 0 Å². The van der Waals surface area contributed by atoms with Gasteiger partial charge in [-0.25, -0.2) is 4.98 Å². The Hall–Kier alpha value is -1.85. The maximum Gasteiger partial charge on any atom is 0.299 e. The Labute approximate surface area is 131 Å². The molecule has 0 atom stereocenters. The van der Waals surface area contributed by atoms with Crippen LogP contribution in [-0.2, 0) is 6.54 Å². The van der Waals surface area contributed by atoms with Crippen LogP contribution in [0.1, 0.15) is 16.1 Å². The molecule has 1 aromatic carbocycles. The van der Waals surface area contributed by atoms with Crippen molar-refractivity contribution in [1.82, 2.24) is 9.55 Å². The van der Waals surface area contributed by atoms with Gasteiger partial charge in [0.05, 0.1) is 23.7 Å². The molecule has 0 spiro atoms. The lowest BCUT2D eigenvalue weighted by atomic mass is 10.1. The number of methoxy groups -OCH3 is 1. The van der Waals surface area contributed by atoms with E-state index in [1.807, 2.05) is 0 Å². The monoisotopic (exact) mass is 326 g/mol. The van der Waals surface area contributed by atoms with Crippen molar-refractivity contribution < 1.29 is 9.53 Å². The second kappa shape index (κ2) is 6.28. The Morgan fingerprint density at radius 3 is 2.62 bits per heavy atom. The molecule has 0 aliphatic carbocycles. The molecular weight excluding hydrogens is 315 g/mol. The fraction of sp³-hybridized carbons (Fsp3) is 0.214. The molecule has 7 heteroatoms. The number of hydrogen-bond acceptors (Lipinski definition) is 4. The van der Waals surface area contributed by atoms with Crippen LogP contribution in [0, 0.1) is 6.92 Å². The standard InChI is InChI=1S/C14H12Cl2N2O3/c1-8-5-13(20)18(14(17-8)21-2)7-12(19)9-3-4-10(15)11(16)6-9/h3-6H,7H2,1-2H3. The van der Waals surface area contributed by atoms with Gasteiger partial charge in [0.25, 0.3) is 11.6 Å². The Morgan fingerprint density at radius 2 is 2.00 bits per heavy atom. The minimum atomic E-state index is -0.354. The van der Waals surface area contributed by atoms with Crippen LogP contribution < -0.4 is 10.3 Å². The summed E-state index contributed by atoms with van der Waals surface area (Å²) in [6.07, 6.45) is 0. The lowest BCUT2D eigenvalue weighted by Gasteiger charge is -2.10. The van der Waals surface area contributed by atoms with Gasteiger partial charge in [0.1, 0.15) is 0 Å². The van der Waals surface area contributed by atoms with Gasteiger partial charge in [-0.15, -0.1) is 0 Å². The van der Waals surface area contributed by atoms with Gasteiger partial charge in [-0.1, -0.05) is 23.2 Å². The van der Waals surface area contributed by atoms with E-state index in [9.17, 15) is 9.59 Å². The largest absolute Gasteiger partial charge is 0.468 e. The molecule has 0 bridgehead atoms. The van der Waals surface area contributed by atoms with Gasteiger partial charge in [-0.05, 0) is 25.1 Å². The minimum absolute atomic E-state index is 0.0911. The third kappa shape index (κ3) is 3.43. The van der Waals surface area contributed by atoms with Crippen LogP contribution in [0.4, 0.5) is 0 Å². The smallest absolute Gasteiger partial charge is 0.299 e. The van der Waals surface area contributed by atoms with Crippen molar-refractivity contribution in [3.63, 3.8) is 0 Å². The predicted molar refractivity (Wildman–Crippen MR) is 80.6 cm³/mol. The number of Topliss-reactive ketones (excluding diaryl/α,β-unsaturated/α-hetero) is 1. The summed E-state index contributed by atoms with van der Waals surface area (Å²) in [6.45, 7) is 1.49. The van der Waals surface area contributed by atoms with Crippen molar-refractivity contribution in [2.24, 2.45) is 0 Å². The van der Waals surface area contributed by atoms with Crippen molar-refractivity contribution in [1.29, 1.82) is 0 Å². The number of ether oxygens (including phenoxy) is 1. The van der Waals surface area contributed by atoms with Crippen LogP contribution in [0.15, 0.2) is 29.1 Å². The van der Waals surface area contributed by atoms with Gasteiger partial charge in [0.15, 0.2) is 5.78 Å². The number of carbonyl (C=O) groups excluding carboxylic acids is 1. The summed E-state index contributed by atoms with van der Waals surface area (Å²) in [7, 11) is 1.39. The van der Waals surface area contributed by atoms with Gasteiger partial charge in [-0.3, -0.25) is 14.2 Å². The van der Waals surface area contributed by atoms with Crippen LogP contribution in [0.25, 0.3) is 0 Å². The summed E-state index contributed by atoms with van der Waals surface area (Å²) in [5.74, 6) is -0.292. The Bertz CT molecular complexity index is 756. The van der Waals surface area contributed by atoms with Gasteiger partial charge in [0.2, 0.25) is 0 Å². The first-order chi connectivity index (χ1) is 9.92. The van der Waals surface area contributed by atoms with E-state index in [1.54, 1.807) is 13.0 Å². The highest BCUT2D eigenvalue weighted by Crippen LogP contribution is 2.23. The SMILES string of the molecule is COc1nc(C)cc(=O)n1CC(=O)c1ccc(Cl)c(Cl)c1. The molecule has 110 valence electrons. The van der Waals surface area contributed by atoms with Crippen LogP contribution in [0.2, 0.25) is 10.0 Å². The van der Waals surface area contributed by atoms with Gasteiger partial charge in [-0.2, -0.15) is 0 Å². The van der Waals surface area contributed by atoms with Crippen molar-refractivity contribution >= 4 is 29.0 Å². The molecule has 0 amide bonds. The van der Waals surface area contributed by atoms with E-state index >= 15 is 0 Å². The molecule has 0 fully saturated rings. The average molecular weight is 327 g/mol. The number of aryl methyl sites for hydroxylation is 1. The summed E-state index contributed by atoms with van der Waals surface area (Å²) in [5, 5.41) is 0.642. The second-order valence-electron chi connectivity index (χ2n) is 4.36. The number of halogens is 2. The van der Waals surface area contributed by atoms with Crippen LogP contribution in [0.5, 0.6) is 6.01 Å². The van der Waals surface area contributed by atoms with Crippen LogP contribution in [-0.4, -0.2) is 22.4 Å². The molecule has 2 aromatic rings. The second-order valence-corrected chi connectivity index (χ2v) is 5.18. The zero-order valence-electron chi connectivity index (χ0n) is 11.4. The molecule has 0 aliphatic heterocycles. The molecular formula is C14H12Cl2N2O3. The number of nitrogens with zero attached hydrogens (tertiary/aromatic N) is 2. The van der Waals surface area contributed by atoms with E-state index < -0.39 is 0 Å². The zero-order chi connectivity index (χ0) is 15.6. The van der Waals surface area contributed by atoms with Crippen molar-refractivity contribution in [2.75, 3.05) is 7.11 Å². The first-order valence-electron chi connectivity index (χ1n) is 6.03. The summed E-state index contributed by atoms with van der Waals surface area (Å²) in [6, 6.07) is 5.98. The number of rotatable bonds is 4. The fourth-order valence-electron chi connectivity index (χ4n) is 1.80. The first kappa shape index (κ1) is 15.5. The molecule has 5 nitrogen and oxygen atoms in total. The van der Waals surface area contributed by atoms with Crippen molar-refractivity contribution in [3.8, 4) is 6.01 Å². The molecule has 0 saturated heterocycles. The normalized spacial score (nSPS) is 10.5. The first-order valence-corrected chi connectivity index (χ1v) is 6.78. The van der Waals surface area contributed by atoms with Crippen molar-refractivity contribution in [2.45, 2.75) is 13.5 Å². The Kier molecular flexibility index (Phi) is 4.65. The molecule has 0 unspecified atom stereocenters. The van der Waals surface area contributed by atoms with E-state index in [-0.39, 0.29) is 28.9 Å². The molecule has 1 aromatic heterocycles. The highest BCUT2D eigenvalue weighted by molar-refractivity contribution is 6.42. The quantitative estimate of drug-likeness (QED) is 0.810. The van der Waals surface area contributed by atoms with E-state index in [0.717, 1.165) is 4.57 Å². The van der Waals surface area contributed by atoms with E-state index in [1.165, 1.54) is 25.3 Å². The van der Waals surface area contributed by atoms with Gasteiger partial charge in [0, 0.05) is 17.3 Å². The number of aromatic nitrogens is 2. The summed E-state index contributed by atoms with van der Waals surface area (Å²) in [5.41, 5.74) is 0.529. The number of hydrogen-bond donors (Lipinski definition) is 0. The van der Waals surface area contributed by atoms with Crippen LogP contribution in [0.3, 0.4) is 0 Å². The number of carbonyl (C=O) groups is 1. The van der Waals surface area contributed by atoms with Crippen molar-refractivity contribution in [3.05, 3.63) is 55.9 Å². The molecule has 0 saturated carbocycles. The van der Waals surface area contributed by atoms with E-state index in [4.69, 9.17) is 27.9 Å². The Morgan fingerprint density at radius 1 is 1.29 bits per heavy atom. The average Bonchev–Trinajstić information content (AvgIpc) is 2.44. The summed E-state index contributed by atoms with van der Waals surface area (Å²) in [4.78, 5) is 28.3. The maximum absolute atomic E-state index is 12.2. The van der Waals surface area contributed by atoms with E-state index in [0.29, 0.717) is 16.3 Å². The summed E-state index contributed by atoms with van der Waals surface area (Å²) < 4.78 is 6.20. The Balaban J connectivity index is 2.35. The highest BCUT2D eigenvalue weighted by atomic mass is 35.5. The summed E-state index contributed by atoms with van der Waals surface area (Å²) >= 11 is 11.7. The third-order valence-corrected chi connectivity index (χ3v) is 3.57. The third-order valence-electron chi connectivity index (χ3n) is 2.83.